The SMILES string of the molecule is Cc1ccc(NN2C(=O)[C@@H]3C[C@@H]4C(=CC[C@@H]5C(=O)N(c6ccc(Nc7ccccc7)cc6)C(=O)[C@@H]54)[C@H](c4ccc5ccccc5c4O)[C@]3(c3ccccc3)C2=O)cc1. The highest BCUT2D eigenvalue weighted by atomic mass is 16.3. The Bertz CT molecular complexity index is 2660. The standard InChI is InChI=1S/C49H40N4O5/c1-29-16-19-34(20-17-29)51-53-46(56)41-28-40-37(26-27-38-42(40)47(57)52(45(38)55)35-23-21-33(22-24-35)50-32-13-6-3-7-14-32)43(49(41,48(53)58)31-11-4-2-5-12-31)39-25-18-30-10-8-9-15-36(30)44(39)54/h2-26,38,40-43,50-51,54H,27-28H2,1H3/t38-,40+,41-,42-,43+,49+/m0/s1. The number of carbonyl (C=O) groups excluding carboxylic acids is 4. The van der Waals surface area contributed by atoms with Crippen molar-refractivity contribution in [2.24, 2.45) is 23.7 Å². The number of nitrogens with zero attached hydrogens (tertiary/aromatic N) is 2. The molecule has 2 aliphatic heterocycles. The fourth-order valence-electron chi connectivity index (χ4n) is 10.2. The molecule has 1 saturated carbocycles. The molecule has 9 nitrogen and oxygen atoms in total. The van der Waals surface area contributed by atoms with E-state index in [1.54, 1.807) is 12.1 Å². The van der Waals surface area contributed by atoms with Gasteiger partial charge in [0.2, 0.25) is 11.8 Å². The summed E-state index contributed by atoms with van der Waals surface area (Å²) in [6.07, 6.45) is 2.46. The maximum Gasteiger partial charge on any atom is 0.260 e. The first kappa shape index (κ1) is 35.4. The molecule has 3 fully saturated rings. The number of rotatable bonds is 7. The topological polar surface area (TPSA) is 119 Å². The number of para-hydroxylation sites is 1. The molecule has 10 rings (SSSR count). The van der Waals surface area contributed by atoms with Gasteiger partial charge in [0.1, 0.15) is 5.75 Å². The second-order valence-electron chi connectivity index (χ2n) is 15.9. The molecule has 6 aromatic rings. The summed E-state index contributed by atoms with van der Waals surface area (Å²) >= 11 is 0. The normalized spacial score (nSPS) is 25.0. The maximum absolute atomic E-state index is 15.5. The van der Waals surface area contributed by atoms with Crippen LogP contribution >= 0.6 is 0 Å². The summed E-state index contributed by atoms with van der Waals surface area (Å²) in [4.78, 5) is 61.0. The van der Waals surface area contributed by atoms with E-state index in [-0.39, 0.29) is 30.4 Å². The molecule has 0 bridgehead atoms. The number of allylic oxidation sites excluding steroid dienone is 2. The van der Waals surface area contributed by atoms with E-state index in [9.17, 15) is 14.7 Å². The second kappa shape index (κ2) is 13.6. The summed E-state index contributed by atoms with van der Waals surface area (Å²) in [6.45, 7) is 1.96. The number of nitrogens with one attached hydrogen (secondary N) is 2. The number of imide groups is 2. The van der Waals surface area contributed by atoms with Gasteiger partial charge in [0.15, 0.2) is 0 Å². The first-order chi connectivity index (χ1) is 28.3. The van der Waals surface area contributed by atoms with Crippen LogP contribution in [-0.2, 0) is 24.6 Å². The van der Waals surface area contributed by atoms with Gasteiger partial charge in [0.05, 0.1) is 34.5 Å². The van der Waals surface area contributed by atoms with E-state index in [2.05, 4.69) is 10.7 Å². The lowest BCUT2D eigenvalue weighted by atomic mass is 9.49. The third-order valence-electron chi connectivity index (χ3n) is 12.8. The summed E-state index contributed by atoms with van der Waals surface area (Å²) in [6, 6.07) is 45.1. The van der Waals surface area contributed by atoms with Gasteiger partial charge in [-0.2, -0.15) is 5.01 Å². The first-order valence-corrected chi connectivity index (χ1v) is 19.7. The van der Waals surface area contributed by atoms with Crippen LogP contribution in [0.15, 0.2) is 157 Å². The lowest BCUT2D eigenvalue weighted by Gasteiger charge is -2.50. The van der Waals surface area contributed by atoms with Crippen LogP contribution in [0.5, 0.6) is 5.75 Å². The number of phenols is 1. The van der Waals surface area contributed by atoms with Crippen molar-refractivity contribution in [3.05, 3.63) is 174 Å². The van der Waals surface area contributed by atoms with Gasteiger partial charge in [-0.1, -0.05) is 114 Å². The van der Waals surface area contributed by atoms with E-state index in [0.29, 0.717) is 27.9 Å². The Kier molecular flexibility index (Phi) is 8.30. The van der Waals surface area contributed by atoms with Crippen molar-refractivity contribution in [1.29, 1.82) is 0 Å². The molecule has 4 aliphatic rings. The largest absolute Gasteiger partial charge is 0.507 e. The summed E-state index contributed by atoms with van der Waals surface area (Å²) in [7, 11) is 0. The van der Waals surface area contributed by atoms with Gasteiger partial charge in [-0.25, -0.2) is 0 Å². The van der Waals surface area contributed by atoms with Gasteiger partial charge in [-0.3, -0.25) is 29.5 Å². The molecule has 2 saturated heterocycles. The fourth-order valence-corrected chi connectivity index (χ4v) is 10.2. The van der Waals surface area contributed by atoms with Crippen molar-refractivity contribution >= 4 is 57.2 Å². The number of anilines is 4. The Labute approximate surface area is 335 Å². The Morgan fingerprint density at radius 1 is 0.655 bits per heavy atom. The maximum atomic E-state index is 15.5. The summed E-state index contributed by atoms with van der Waals surface area (Å²) in [5, 5.41) is 18.2. The monoisotopic (exact) mass is 764 g/mol. The van der Waals surface area contributed by atoms with Gasteiger partial charge >= 0.3 is 0 Å². The second-order valence-corrected chi connectivity index (χ2v) is 15.9. The zero-order valence-electron chi connectivity index (χ0n) is 31.7. The number of fused-ring (bicyclic) bond motifs is 5. The van der Waals surface area contributed by atoms with Gasteiger partial charge in [-0.05, 0) is 85.2 Å². The van der Waals surface area contributed by atoms with Crippen LogP contribution in [0.3, 0.4) is 0 Å². The van der Waals surface area contributed by atoms with Gasteiger partial charge in [0.25, 0.3) is 11.8 Å². The average molecular weight is 765 g/mol. The van der Waals surface area contributed by atoms with Crippen LogP contribution in [0, 0.1) is 30.6 Å². The molecular formula is C49H40N4O5. The first-order valence-electron chi connectivity index (χ1n) is 19.7. The van der Waals surface area contributed by atoms with Crippen molar-refractivity contribution in [3.8, 4) is 5.75 Å². The molecule has 3 N–H and O–H groups in total. The molecule has 9 heteroatoms. The third kappa shape index (κ3) is 5.30. The highest BCUT2D eigenvalue weighted by Gasteiger charge is 2.70. The van der Waals surface area contributed by atoms with E-state index in [1.165, 1.54) is 4.90 Å². The van der Waals surface area contributed by atoms with Crippen LogP contribution in [0.2, 0.25) is 0 Å². The summed E-state index contributed by atoms with van der Waals surface area (Å²) in [5.41, 5.74) is 7.39. The highest BCUT2D eigenvalue weighted by Crippen LogP contribution is 2.65. The minimum Gasteiger partial charge on any atom is -0.507 e. The Morgan fingerprint density at radius 2 is 1.31 bits per heavy atom. The molecule has 286 valence electrons. The van der Waals surface area contributed by atoms with Crippen LogP contribution in [0.25, 0.3) is 10.8 Å². The van der Waals surface area contributed by atoms with Crippen molar-refractivity contribution < 1.29 is 24.3 Å². The fraction of sp³-hybridized carbons (Fsp3) is 0.184. The molecular weight excluding hydrogens is 725 g/mol. The van der Waals surface area contributed by atoms with Crippen LogP contribution in [0.4, 0.5) is 22.7 Å². The van der Waals surface area contributed by atoms with Crippen molar-refractivity contribution in [1.82, 2.24) is 5.01 Å². The summed E-state index contributed by atoms with van der Waals surface area (Å²) < 4.78 is 0. The van der Waals surface area contributed by atoms with Crippen molar-refractivity contribution in [2.75, 3.05) is 15.6 Å². The lowest BCUT2D eigenvalue weighted by molar-refractivity contribution is -0.138. The molecule has 6 aromatic carbocycles. The number of benzene rings is 6. The van der Waals surface area contributed by atoms with Gasteiger partial charge in [0, 0.05) is 28.2 Å². The Balaban J connectivity index is 1.11. The predicted octanol–water partition coefficient (Wildman–Crippen LogP) is 8.79. The molecule has 2 aliphatic carbocycles. The molecule has 0 unspecified atom stereocenters. The van der Waals surface area contributed by atoms with Crippen LogP contribution in [0.1, 0.15) is 35.4 Å². The lowest BCUT2D eigenvalue weighted by Crippen LogP contribution is -2.53. The van der Waals surface area contributed by atoms with Crippen molar-refractivity contribution in [3.63, 3.8) is 0 Å². The minimum atomic E-state index is -1.49. The molecule has 6 atom stereocenters. The molecule has 4 amide bonds. The van der Waals surface area contributed by atoms with Crippen LogP contribution < -0.4 is 15.6 Å². The van der Waals surface area contributed by atoms with E-state index in [1.807, 2.05) is 146 Å². The Hall–Kier alpha value is -7.00. The zero-order chi connectivity index (χ0) is 39.7. The number of phenolic OH excluding ortho intramolecular Hbond substituents is 1. The Morgan fingerprint density at radius 3 is 2.05 bits per heavy atom. The minimum absolute atomic E-state index is 0.0191. The number of hydrogen-bond donors (Lipinski definition) is 3. The van der Waals surface area contributed by atoms with E-state index >= 15 is 9.59 Å². The zero-order valence-corrected chi connectivity index (χ0v) is 31.7. The van der Waals surface area contributed by atoms with E-state index in [4.69, 9.17) is 0 Å². The number of carbonyl (C=O) groups is 4. The van der Waals surface area contributed by atoms with E-state index in [0.717, 1.165) is 32.9 Å². The average Bonchev–Trinajstić information content (AvgIpc) is 3.63. The van der Waals surface area contributed by atoms with Gasteiger partial charge < -0.3 is 10.4 Å². The van der Waals surface area contributed by atoms with Gasteiger partial charge in [-0.15, -0.1) is 0 Å². The molecule has 0 spiro atoms. The number of aryl methyl sites for hydroxylation is 1. The number of hydrazine groups is 1. The van der Waals surface area contributed by atoms with E-state index < -0.39 is 46.8 Å². The highest BCUT2D eigenvalue weighted by molar-refractivity contribution is 6.22. The molecule has 0 aromatic heterocycles. The number of hydrogen-bond acceptors (Lipinski definition) is 7. The van der Waals surface area contributed by atoms with Crippen LogP contribution in [-0.4, -0.2) is 33.7 Å². The smallest absolute Gasteiger partial charge is 0.260 e. The number of aromatic hydroxyl groups is 1. The molecule has 2 heterocycles. The predicted molar refractivity (Wildman–Crippen MR) is 223 cm³/mol. The summed E-state index contributed by atoms with van der Waals surface area (Å²) in [5.74, 6) is -5.20. The molecule has 0 radical (unpaired) electrons. The molecule has 58 heavy (non-hydrogen) atoms. The number of amides is 4. The third-order valence-corrected chi connectivity index (χ3v) is 12.8. The quantitative estimate of drug-likeness (QED) is 0.110. The van der Waals surface area contributed by atoms with Crippen molar-refractivity contribution in [2.45, 2.75) is 31.1 Å².